The van der Waals surface area contributed by atoms with Gasteiger partial charge in [0.15, 0.2) is 0 Å². The third-order valence-corrected chi connectivity index (χ3v) is 2.59. The van der Waals surface area contributed by atoms with Gasteiger partial charge in [0.2, 0.25) is 0 Å². The average Bonchev–Trinajstić information content (AvgIpc) is 2.79. The van der Waals surface area contributed by atoms with Gasteiger partial charge in [-0.05, 0) is 27.3 Å². The van der Waals surface area contributed by atoms with Crippen LogP contribution >= 0.6 is 0 Å². The summed E-state index contributed by atoms with van der Waals surface area (Å²) in [5.41, 5.74) is -0.679. The lowest BCUT2D eigenvalue weighted by Gasteiger charge is -2.26. The van der Waals surface area contributed by atoms with Gasteiger partial charge in [-0.3, -0.25) is 9.48 Å². The van der Waals surface area contributed by atoms with Gasteiger partial charge in [0, 0.05) is 6.54 Å². The number of rotatable bonds is 6. The van der Waals surface area contributed by atoms with Crippen LogP contribution in [0.25, 0.3) is 0 Å². The summed E-state index contributed by atoms with van der Waals surface area (Å²) in [6.07, 6.45) is 3.70. The number of aromatic nitrogens is 3. The molecule has 0 bridgehead atoms. The van der Waals surface area contributed by atoms with Crippen LogP contribution in [0.4, 0.5) is 0 Å². The third-order valence-electron chi connectivity index (χ3n) is 2.59. The number of hydrogen-bond donors (Lipinski definition) is 1. The monoisotopic (exact) mass is 226 g/mol. The predicted molar refractivity (Wildman–Crippen MR) is 58.7 cm³/mol. The van der Waals surface area contributed by atoms with Crippen molar-refractivity contribution < 1.29 is 9.53 Å². The molecular formula is C10H18N4O2. The summed E-state index contributed by atoms with van der Waals surface area (Å²) >= 11 is 0. The van der Waals surface area contributed by atoms with E-state index in [4.69, 9.17) is 4.74 Å². The molecule has 0 radical (unpaired) electrons. The standard InChI is InChI=1S/C10H18N4O2/c1-4-16-9(15)10(2,11-3)5-6-14-8-12-7-13-14/h7-8,11H,4-6H2,1-3H3. The fourth-order valence-electron chi connectivity index (χ4n) is 1.31. The van der Waals surface area contributed by atoms with E-state index in [9.17, 15) is 4.79 Å². The van der Waals surface area contributed by atoms with E-state index in [0.29, 0.717) is 19.6 Å². The SMILES string of the molecule is CCOC(=O)C(C)(CCn1cncn1)NC. The van der Waals surface area contributed by atoms with E-state index in [1.54, 1.807) is 25.0 Å². The summed E-state index contributed by atoms with van der Waals surface area (Å²) in [7, 11) is 1.75. The van der Waals surface area contributed by atoms with Gasteiger partial charge in [0.25, 0.3) is 0 Å². The van der Waals surface area contributed by atoms with E-state index in [0.717, 1.165) is 0 Å². The van der Waals surface area contributed by atoms with Crippen LogP contribution < -0.4 is 5.32 Å². The van der Waals surface area contributed by atoms with Gasteiger partial charge < -0.3 is 10.1 Å². The number of esters is 1. The van der Waals surface area contributed by atoms with Crippen molar-refractivity contribution in [1.29, 1.82) is 0 Å². The van der Waals surface area contributed by atoms with Gasteiger partial charge >= 0.3 is 5.97 Å². The molecule has 1 heterocycles. The summed E-state index contributed by atoms with van der Waals surface area (Å²) in [4.78, 5) is 15.6. The molecule has 0 saturated carbocycles. The molecule has 90 valence electrons. The second-order valence-electron chi connectivity index (χ2n) is 3.71. The van der Waals surface area contributed by atoms with Crippen molar-refractivity contribution in [3.05, 3.63) is 12.7 Å². The summed E-state index contributed by atoms with van der Waals surface area (Å²) in [5.74, 6) is -0.238. The number of likely N-dealkylation sites (N-methyl/N-ethyl adjacent to an activating group) is 1. The Kier molecular flexibility index (Phi) is 4.42. The van der Waals surface area contributed by atoms with E-state index >= 15 is 0 Å². The largest absolute Gasteiger partial charge is 0.465 e. The minimum absolute atomic E-state index is 0.238. The molecule has 0 aliphatic carbocycles. The molecule has 0 fully saturated rings. The maximum atomic E-state index is 11.7. The van der Waals surface area contributed by atoms with Gasteiger partial charge in [-0.25, -0.2) is 4.98 Å². The van der Waals surface area contributed by atoms with E-state index in [2.05, 4.69) is 15.4 Å². The van der Waals surface area contributed by atoms with Crippen LogP contribution in [0.15, 0.2) is 12.7 Å². The highest BCUT2D eigenvalue weighted by Gasteiger charge is 2.32. The summed E-state index contributed by atoms with van der Waals surface area (Å²) in [5, 5.41) is 6.97. The Morgan fingerprint density at radius 3 is 2.88 bits per heavy atom. The second-order valence-corrected chi connectivity index (χ2v) is 3.71. The lowest BCUT2D eigenvalue weighted by Crippen LogP contribution is -2.49. The Hall–Kier alpha value is -1.43. The normalized spacial score (nSPS) is 14.4. The minimum Gasteiger partial charge on any atom is -0.465 e. The average molecular weight is 226 g/mol. The topological polar surface area (TPSA) is 69.0 Å². The molecule has 0 aliphatic rings. The maximum absolute atomic E-state index is 11.7. The Morgan fingerprint density at radius 1 is 1.62 bits per heavy atom. The van der Waals surface area contributed by atoms with Crippen LogP contribution in [-0.4, -0.2) is 39.9 Å². The molecule has 0 saturated heterocycles. The zero-order valence-corrected chi connectivity index (χ0v) is 9.93. The Bertz CT molecular complexity index is 326. The van der Waals surface area contributed by atoms with Crippen LogP contribution in [-0.2, 0) is 16.1 Å². The second kappa shape index (κ2) is 5.60. The van der Waals surface area contributed by atoms with Crippen LogP contribution in [0, 0.1) is 0 Å². The molecule has 1 aromatic rings. The Balaban J connectivity index is 2.56. The lowest BCUT2D eigenvalue weighted by atomic mass is 9.98. The van der Waals surface area contributed by atoms with Crippen molar-refractivity contribution in [2.24, 2.45) is 0 Å². The summed E-state index contributed by atoms with van der Waals surface area (Å²) in [6.45, 7) is 4.63. The smallest absolute Gasteiger partial charge is 0.326 e. The molecule has 16 heavy (non-hydrogen) atoms. The first-order valence-electron chi connectivity index (χ1n) is 5.31. The van der Waals surface area contributed by atoms with E-state index < -0.39 is 5.54 Å². The van der Waals surface area contributed by atoms with E-state index in [1.165, 1.54) is 6.33 Å². The first-order chi connectivity index (χ1) is 7.62. The van der Waals surface area contributed by atoms with Crippen molar-refractivity contribution in [1.82, 2.24) is 20.1 Å². The van der Waals surface area contributed by atoms with Crippen LogP contribution in [0.3, 0.4) is 0 Å². The molecule has 6 heteroatoms. The molecule has 0 amide bonds. The number of carbonyl (C=O) groups is 1. The van der Waals surface area contributed by atoms with Gasteiger partial charge in [-0.15, -0.1) is 0 Å². The van der Waals surface area contributed by atoms with E-state index in [1.807, 2.05) is 6.92 Å². The zero-order valence-electron chi connectivity index (χ0n) is 9.93. The number of nitrogens with one attached hydrogen (secondary N) is 1. The van der Waals surface area contributed by atoms with Crippen LogP contribution in [0.1, 0.15) is 20.3 Å². The fourth-order valence-corrected chi connectivity index (χ4v) is 1.31. The Morgan fingerprint density at radius 2 is 2.38 bits per heavy atom. The number of aryl methyl sites for hydroxylation is 1. The molecule has 1 N–H and O–H groups in total. The van der Waals surface area contributed by atoms with Crippen molar-refractivity contribution in [2.45, 2.75) is 32.4 Å². The highest BCUT2D eigenvalue weighted by molar-refractivity contribution is 5.80. The lowest BCUT2D eigenvalue weighted by molar-refractivity contribution is -0.150. The van der Waals surface area contributed by atoms with Crippen molar-refractivity contribution >= 4 is 5.97 Å². The number of ether oxygens (including phenoxy) is 1. The highest BCUT2D eigenvalue weighted by atomic mass is 16.5. The van der Waals surface area contributed by atoms with Crippen molar-refractivity contribution in [3.63, 3.8) is 0 Å². The maximum Gasteiger partial charge on any atom is 0.326 e. The first-order valence-corrected chi connectivity index (χ1v) is 5.31. The van der Waals surface area contributed by atoms with Crippen molar-refractivity contribution in [2.75, 3.05) is 13.7 Å². The van der Waals surface area contributed by atoms with E-state index in [-0.39, 0.29) is 5.97 Å². The summed E-state index contributed by atoms with van der Waals surface area (Å²) in [6, 6.07) is 0. The van der Waals surface area contributed by atoms with Crippen LogP contribution in [0.5, 0.6) is 0 Å². The van der Waals surface area contributed by atoms with Crippen LogP contribution in [0.2, 0.25) is 0 Å². The number of nitrogens with zero attached hydrogens (tertiary/aromatic N) is 3. The molecule has 0 spiro atoms. The first kappa shape index (κ1) is 12.6. The zero-order chi connectivity index (χ0) is 12.0. The molecule has 0 aliphatic heterocycles. The molecule has 1 aromatic heterocycles. The summed E-state index contributed by atoms with van der Waals surface area (Å²) < 4.78 is 6.71. The van der Waals surface area contributed by atoms with Gasteiger partial charge in [0.1, 0.15) is 18.2 Å². The molecule has 1 atom stereocenters. The quantitative estimate of drug-likeness (QED) is 0.702. The van der Waals surface area contributed by atoms with Gasteiger partial charge in [-0.1, -0.05) is 0 Å². The fraction of sp³-hybridized carbons (Fsp3) is 0.700. The minimum atomic E-state index is -0.679. The van der Waals surface area contributed by atoms with Crippen molar-refractivity contribution in [3.8, 4) is 0 Å². The highest BCUT2D eigenvalue weighted by Crippen LogP contribution is 2.12. The number of carbonyl (C=O) groups excluding carboxylic acids is 1. The molecular weight excluding hydrogens is 208 g/mol. The molecule has 1 unspecified atom stereocenters. The Labute approximate surface area is 95.0 Å². The predicted octanol–water partition coefficient (Wildman–Crippen LogP) is 0.209. The molecule has 6 nitrogen and oxygen atoms in total. The molecule has 0 aromatic carbocycles. The number of hydrogen-bond acceptors (Lipinski definition) is 5. The third kappa shape index (κ3) is 3.03. The molecule has 1 rings (SSSR count). The van der Waals surface area contributed by atoms with Gasteiger partial charge in [-0.2, -0.15) is 5.10 Å². The van der Waals surface area contributed by atoms with Gasteiger partial charge in [0.05, 0.1) is 6.61 Å².